The lowest BCUT2D eigenvalue weighted by atomic mass is 9.61. The summed E-state index contributed by atoms with van der Waals surface area (Å²) in [6, 6.07) is 0. The molecule has 0 radical (unpaired) electrons. The second-order valence-corrected chi connectivity index (χ2v) is 10.2. The van der Waals surface area contributed by atoms with Gasteiger partial charge in [-0.05, 0) is 61.7 Å². The van der Waals surface area contributed by atoms with E-state index in [9.17, 15) is 4.79 Å². The fourth-order valence-corrected chi connectivity index (χ4v) is 4.43. The first kappa shape index (κ1) is 18.8. The van der Waals surface area contributed by atoms with E-state index in [1.54, 1.807) is 0 Å². The van der Waals surface area contributed by atoms with Crippen molar-refractivity contribution in [2.45, 2.75) is 86.7 Å². The van der Waals surface area contributed by atoms with E-state index in [-0.39, 0.29) is 23.6 Å². The van der Waals surface area contributed by atoms with Gasteiger partial charge in [0.2, 0.25) is 0 Å². The van der Waals surface area contributed by atoms with Crippen molar-refractivity contribution >= 4 is 5.97 Å². The lowest BCUT2D eigenvalue weighted by Gasteiger charge is -2.43. The number of carbonyl (C=O) groups excluding carboxylic acids is 1. The minimum atomic E-state index is -0.511. The number of esters is 1. The van der Waals surface area contributed by atoms with Crippen LogP contribution in [0.2, 0.25) is 0 Å². The summed E-state index contributed by atoms with van der Waals surface area (Å²) in [5, 5.41) is 0. The van der Waals surface area contributed by atoms with E-state index in [0.717, 1.165) is 18.8 Å². The van der Waals surface area contributed by atoms with Crippen LogP contribution in [0.3, 0.4) is 0 Å². The van der Waals surface area contributed by atoms with Crippen molar-refractivity contribution in [1.82, 2.24) is 0 Å². The van der Waals surface area contributed by atoms with Crippen molar-refractivity contribution in [3.05, 3.63) is 0 Å². The van der Waals surface area contributed by atoms with Crippen LogP contribution in [0.25, 0.3) is 0 Å². The van der Waals surface area contributed by atoms with Crippen LogP contribution in [-0.4, -0.2) is 18.9 Å². The third-order valence-electron chi connectivity index (χ3n) is 6.14. The lowest BCUT2D eigenvalue weighted by Crippen LogP contribution is -2.44. The van der Waals surface area contributed by atoms with Crippen LogP contribution in [0.5, 0.6) is 0 Å². The van der Waals surface area contributed by atoms with Gasteiger partial charge in [-0.25, -0.2) is 0 Å². The summed E-state index contributed by atoms with van der Waals surface area (Å²) in [4.78, 5) is 12.8. The lowest BCUT2D eigenvalue weighted by molar-refractivity contribution is -0.183. The Bertz CT molecular complexity index is 429. The monoisotopic (exact) mass is 324 g/mol. The molecule has 2 bridgehead atoms. The molecule has 2 saturated carbocycles. The zero-order valence-electron chi connectivity index (χ0n) is 16.2. The molecule has 0 N–H and O–H groups in total. The Hall–Kier alpha value is -0.570. The minimum absolute atomic E-state index is 0.0759. The molecular formula is C20H36O3. The number of hydrogen-bond donors (Lipinski definition) is 0. The zero-order valence-corrected chi connectivity index (χ0v) is 16.2. The van der Waals surface area contributed by atoms with Gasteiger partial charge in [0, 0.05) is 0 Å². The van der Waals surface area contributed by atoms with Crippen LogP contribution in [0, 0.1) is 28.1 Å². The molecule has 0 aromatic carbocycles. The highest BCUT2D eigenvalue weighted by atomic mass is 16.7. The van der Waals surface area contributed by atoms with E-state index in [0.29, 0.717) is 12.0 Å². The molecule has 0 aromatic heterocycles. The van der Waals surface area contributed by atoms with Crippen molar-refractivity contribution in [1.29, 1.82) is 0 Å². The van der Waals surface area contributed by atoms with Gasteiger partial charge in [-0.1, -0.05) is 41.5 Å². The van der Waals surface area contributed by atoms with Crippen molar-refractivity contribution in [2.24, 2.45) is 28.1 Å². The van der Waals surface area contributed by atoms with Crippen molar-refractivity contribution < 1.29 is 14.3 Å². The minimum Gasteiger partial charge on any atom is -0.438 e. The number of rotatable bonds is 5. The molecular weight excluding hydrogens is 288 g/mol. The van der Waals surface area contributed by atoms with Gasteiger partial charge in [-0.15, -0.1) is 0 Å². The predicted molar refractivity (Wildman–Crippen MR) is 92.9 cm³/mol. The molecule has 0 heterocycles. The van der Waals surface area contributed by atoms with Crippen molar-refractivity contribution in [3.8, 4) is 0 Å². The summed E-state index contributed by atoms with van der Waals surface area (Å²) in [7, 11) is 0. The van der Waals surface area contributed by atoms with Crippen LogP contribution >= 0.6 is 0 Å². The van der Waals surface area contributed by atoms with Gasteiger partial charge in [0.25, 0.3) is 0 Å². The fourth-order valence-electron chi connectivity index (χ4n) is 4.43. The highest BCUT2D eigenvalue weighted by Gasteiger charge is 2.48. The molecule has 2 rings (SSSR count). The average molecular weight is 325 g/mol. The standard InChI is InChI=1S/C20H36O3/c1-18(2,3)12-20(7,19(4,5)6)17(21)23-13-22-16-11-14-8-9-15(16)10-14/h14-16H,8-13H2,1-7H3. The van der Waals surface area contributed by atoms with Gasteiger partial charge in [0.15, 0.2) is 6.79 Å². The molecule has 23 heavy (non-hydrogen) atoms. The maximum Gasteiger partial charge on any atom is 0.314 e. The van der Waals surface area contributed by atoms with Crippen molar-refractivity contribution in [2.75, 3.05) is 6.79 Å². The summed E-state index contributed by atoms with van der Waals surface area (Å²) in [5.74, 6) is 1.42. The number of hydrogen-bond acceptors (Lipinski definition) is 3. The summed E-state index contributed by atoms with van der Waals surface area (Å²) in [6.07, 6.45) is 6.22. The largest absolute Gasteiger partial charge is 0.438 e. The fraction of sp³-hybridized carbons (Fsp3) is 0.950. The molecule has 4 atom stereocenters. The van der Waals surface area contributed by atoms with E-state index in [1.807, 2.05) is 6.92 Å². The zero-order chi connectivity index (χ0) is 17.5. The summed E-state index contributed by atoms with van der Waals surface area (Å²) in [5.41, 5.74) is -0.584. The van der Waals surface area contributed by atoms with Gasteiger partial charge in [-0.3, -0.25) is 4.79 Å². The average Bonchev–Trinajstić information content (AvgIpc) is 2.97. The maximum absolute atomic E-state index is 12.8. The highest BCUT2D eigenvalue weighted by molar-refractivity contribution is 5.77. The first-order chi connectivity index (χ1) is 10.4. The second kappa shape index (κ2) is 6.38. The molecule has 3 heteroatoms. The molecule has 134 valence electrons. The van der Waals surface area contributed by atoms with E-state index in [4.69, 9.17) is 9.47 Å². The molecule has 3 nitrogen and oxygen atoms in total. The van der Waals surface area contributed by atoms with Gasteiger partial charge in [0.05, 0.1) is 11.5 Å². The molecule has 0 saturated heterocycles. The molecule has 0 aliphatic heterocycles. The summed E-state index contributed by atoms with van der Waals surface area (Å²) < 4.78 is 11.5. The topological polar surface area (TPSA) is 35.5 Å². The first-order valence-corrected chi connectivity index (χ1v) is 9.21. The number of fused-ring (bicyclic) bond motifs is 2. The number of ether oxygens (including phenoxy) is 2. The predicted octanol–water partition coefficient (Wildman–Crippen LogP) is 5.18. The Labute approximate surface area is 142 Å². The molecule has 2 aliphatic carbocycles. The molecule has 0 spiro atoms. The van der Waals surface area contributed by atoms with Gasteiger partial charge >= 0.3 is 5.97 Å². The van der Waals surface area contributed by atoms with Crippen LogP contribution in [0.15, 0.2) is 0 Å². The van der Waals surface area contributed by atoms with E-state index in [1.165, 1.54) is 19.3 Å². The van der Waals surface area contributed by atoms with Gasteiger partial charge < -0.3 is 9.47 Å². The quantitative estimate of drug-likeness (QED) is 0.516. The van der Waals surface area contributed by atoms with E-state index in [2.05, 4.69) is 41.5 Å². The van der Waals surface area contributed by atoms with Gasteiger partial charge in [-0.2, -0.15) is 0 Å². The molecule has 2 aliphatic rings. The smallest absolute Gasteiger partial charge is 0.314 e. The number of carbonyl (C=O) groups is 1. The second-order valence-electron chi connectivity index (χ2n) is 10.2. The molecule has 0 amide bonds. The maximum atomic E-state index is 12.8. The molecule has 0 aromatic rings. The Morgan fingerprint density at radius 3 is 2.09 bits per heavy atom. The third kappa shape index (κ3) is 4.29. The van der Waals surface area contributed by atoms with E-state index >= 15 is 0 Å². The SMILES string of the molecule is CC(C)(C)CC(C)(C(=O)OCOC1CC2CCC1C2)C(C)(C)C. The van der Waals surface area contributed by atoms with Gasteiger partial charge in [0.1, 0.15) is 0 Å². The highest BCUT2D eigenvalue weighted by Crippen LogP contribution is 2.48. The Balaban J connectivity index is 1.90. The first-order valence-electron chi connectivity index (χ1n) is 9.21. The third-order valence-corrected chi connectivity index (χ3v) is 6.14. The van der Waals surface area contributed by atoms with Crippen LogP contribution < -0.4 is 0 Å². The van der Waals surface area contributed by atoms with Crippen molar-refractivity contribution in [3.63, 3.8) is 0 Å². The molecule has 2 fully saturated rings. The Kier molecular flexibility index (Phi) is 5.21. The van der Waals surface area contributed by atoms with Crippen LogP contribution in [0.4, 0.5) is 0 Å². The Morgan fingerprint density at radius 2 is 1.65 bits per heavy atom. The van der Waals surface area contributed by atoms with Crippen LogP contribution in [0.1, 0.15) is 80.6 Å². The normalized spacial score (nSPS) is 30.3. The summed E-state index contributed by atoms with van der Waals surface area (Å²) >= 11 is 0. The van der Waals surface area contributed by atoms with E-state index < -0.39 is 5.41 Å². The molecule has 4 unspecified atom stereocenters. The Morgan fingerprint density at radius 1 is 1.00 bits per heavy atom. The summed E-state index contributed by atoms with van der Waals surface area (Å²) in [6.45, 7) is 15.0. The van der Waals surface area contributed by atoms with Crippen LogP contribution in [-0.2, 0) is 14.3 Å².